The Labute approximate surface area is 161 Å². The first-order valence-corrected chi connectivity index (χ1v) is 9.31. The van der Waals surface area contributed by atoms with Gasteiger partial charge in [-0.3, -0.25) is 0 Å². The number of nitrogens with two attached hydrogens (primary N) is 1. The Hall–Kier alpha value is -3.20. The quantitative estimate of drug-likeness (QED) is 0.710. The number of hydrogen-bond donors (Lipinski definition) is 1. The molecule has 2 aliphatic heterocycles. The lowest BCUT2D eigenvalue weighted by molar-refractivity contribution is 0.122. The van der Waals surface area contributed by atoms with Crippen molar-refractivity contribution in [2.24, 2.45) is 0 Å². The first kappa shape index (κ1) is 16.9. The molecule has 1 aromatic carbocycles. The number of anilines is 2. The van der Waals surface area contributed by atoms with Crippen molar-refractivity contribution < 1.29 is 14.2 Å². The number of morpholine rings is 1. The number of ether oxygens (including phenoxy) is 3. The van der Waals surface area contributed by atoms with Gasteiger partial charge in [0, 0.05) is 25.1 Å². The molecule has 1 fully saturated rings. The van der Waals surface area contributed by atoms with Crippen LogP contribution in [0.15, 0.2) is 24.4 Å². The molecule has 2 N–H and O–H groups in total. The highest BCUT2D eigenvalue weighted by molar-refractivity contribution is 5.85. The molecule has 144 valence electrons. The average Bonchev–Trinajstić information content (AvgIpc) is 2.98. The Bertz CT molecular complexity index is 1020. The lowest BCUT2D eigenvalue weighted by atomic mass is 10.1. The van der Waals surface area contributed by atoms with Crippen LogP contribution >= 0.6 is 0 Å². The molecule has 0 unspecified atom stereocenters. The van der Waals surface area contributed by atoms with E-state index in [-0.39, 0.29) is 5.95 Å². The monoisotopic (exact) mass is 380 g/mol. The van der Waals surface area contributed by atoms with Crippen molar-refractivity contribution in [3.05, 3.63) is 24.4 Å². The van der Waals surface area contributed by atoms with Gasteiger partial charge in [0.05, 0.1) is 38.3 Å². The van der Waals surface area contributed by atoms with Gasteiger partial charge in [0.1, 0.15) is 0 Å². The number of hydrogen-bond acceptors (Lipinski definition) is 9. The number of aromatic nitrogens is 4. The van der Waals surface area contributed by atoms with Crippen LogP contribution in [0.4, 0.5) is 11.8 Å². The molecule has 0 bridgehead atoms. The minimum absolute atomic E-state index is 0.187. The molecular weight excluding hydrogens is 360 g/mol. The summed E-state index contributed by atoms with van der Waals surface area (Å²) in [5.41, 5.74) is 8.60. The number of benzene rings is 1. The molecule has 4 heterocycles. The summed E-state index contributed by atoms with van der Waals surface area (Å²) >= 11 is 0. The minimum atomic E-state index is 0.187. The van der Waals surface area contributed by atoms with E-state index in [9.17, 15) is 0 Å². The normalized spacial score (nSPS) is 16.8. The number of fused-ring (bicyclic) bond motifs is 2. The summed E-state index contributed by atoms with van der Waals surface area (Å²) in [7, 11) is 0. The molecule has 0 aliphatic carbocycles. The molecule has 0 radical (unpaired) electrons. The molecule has 0 saturated carbocycles. The van der Waals surface area contributed by atoms with Gasteiger partial charge in [0.25, 0.3) is 0 Å². The first-order chi connectivity index (χ1) is 13.8. The molecule has 1 saturated heterocycles. The van der Waals surface area contributed by atoms with E-state index in [4.69, 9.17) is 24.9 Å². The van der Waals surface area contributed by atoms with Gasteiger partial charge in [-0.05, 0) is 18.2 Å². The third-order valence-corrected chi connectivity index (χ3v) is 4.76. The van der Waals surface area contributed by atoms with Gasteiger partial charge in [-0.25, -0.2) is 9.97 Å². The molecule has 5 rings (SSSR count). The highest BCUT2D eigenvalue weighted by atomic mass is 16.5. The van der Waals surface area contributed by atoms with Crippen LogP contribution in [0, 0.1) is 0 Å². The van der Waals surface area contributed by atoms with Crippen LogP contribution in [0.3, 0.4) is 0 Å². The van der Waals surface area contributed by atoms with Crippen molar-refractivity contribution >= 4 is 22.9 Å². The van der Waals surface area contributed by atoms with Gasteiger partial charge >= 0.3 is 0 Å². The standard InChI is InChI=1S/C19H20N6O3/c20-19-23-17-16(18(24-19)25-4-8-26-9-5-25)22-13(11-21-17)12-2-3-14-15(10-12)28-7-1-6-27-14/h2-3,10-11H,1,4-9H2,(H2,20,21,23,24). The van der Waals surface area contributed by atoms with Gasteiger partial charge in [0.2, 0.25) is 5.95 Å². The summed E-state index contributed by atoms with van der Waals surface area (Å²) in [6.07, 6.45) is 2.55. The van der Waals surface area contributed by atoms with Crippen molar-refractivity contribution in [2.75, 3.05) is 50.2 Å². The predicted octanol–water partition coefficient (Wildman–Crippen LogP) is 1.67. The molecule has 0 atom stereocenters. The van der Waals surface area contributed by atoms with Crippen molar-refractivity contribution in [1.29, 1.82) is 0 Å². The highest BCUT2D eigenvalue weighted by Gasteiger charge is 2.20. The second kappa shape index (κ2) is 7.08. The maximum Gasteiger partial charge on any atom is 0.224 e. The van der Waals surface area contributed by atoms with Crippen LogP contribution in [-0.4, -0.2) is 59.5 Å². The maximum atomic E-state index is 5.89. The van der Waals surface area contributed by atoms with Crippen molar-refractivity contribution in [1.82, 2.24) is 19.9 Å². The summed E-state index contributed by atoms with van der Waals surface area (Å²) in [4.78, 5) is 20.1. The summed E-state index contributed by atoms with van der Waals surface area (Å²) in [5.74, 6) is 2.35. The molecule has 0 spiro atoms. The second-order valence-electron chi connectivity index (χ2n) is 6.64. The maximum absolute atomic E-state index is 5.89. The van der Waals surface area contributed by atoms with Gasteiger partial charge in [-0.15, -0.1) is 0 Å². The van der Waals surface area contributed by atoms with Crippen molar-refractivity contribution in [3.63, 3.8) is 0 Å². The number of rotatable bonds is 2. The summed E-state index contributed by atoms with van der Waals surface area (Å²) in [6.45, 7) is 4.02. The molecular formula is C19H20N6O3. The largest absolute Gasteiger partial charge is 0.490 e. The highest BCUT2D eigenvalue weighted by Crippen LogP contribution is 2.34. The zero-order valence-corrected chi connectivity index (χ0v) is 15.3. The fraction of sp³-hybridized carbons (Fsp3) is 0.368. The van der Waals surface area contributed by atoms with Gasteiger partial charge in [-0.1, -0.05) is 0 Å². The van der Waals surface area contributed by atoms with Gasteiger partial charge in [0.15, 0.2) is 28.5 Å². The van der Waals surface area contributed by atoms with E-state index in [0.717, 1.165) is 36.6 Å². The second-order valence-corrected chi connectivity index (χ2v) is 6.64. The molecule has 2 aromatic heterocycles. The van der Waals surface area contributed by atoms with Crippen LogP contribution in [0.25, 0.3) is 22.4 Å². The minimum Gasteiger partial charge on any atom is -0.490 e. The smallest absolute Gasteiger partial charge is 0.224 e. The Kier molecular flexibility index (Phi) is 4.28. The number of nitrogens with zero attached hydrogens (tertiary/aromatic N) is 5. The van der Waals surface area contributed by atoms with Crippen molar-refractivity contribution in [3.8, 4) is 22.8 Å². The Morgan fingerprint density at radius 1 is 0.929 bits per heavy atom. The van der Waals surface area contributed by atoms with E-state index in [1.807, 2.05) is 18.2 Å². The molecule has 9 heteroatoms. The summed E-state index contributed by atoms with van der Waals surface area (Å²) in [5, 5.41) is 0. The Morgan fingerprint density at radius 3 is 2.61 bits per heavy atom. The molecule has 2 aliphatic rings. The lowest BCUT2D eigenvalue weighted by Crippen LogP contribution is -2.37. The van der Waals surface area contributed by atoms with Crippen LogP contribution in [-0.2, 0) is 4.74 Å². The molecule has 3 aromatic rings. The van der Waals surface area contributed by atoms with Crippen LogP contribution < -0.4 is 20.1 Å². The van der Waals surface area contributed by atoms with E-state index in [1.54, 1.807) is 6.20 Å². The van der Waals surface area contributed by atoms with Gasteiger partial charge < -0.3 is 24.8 Å². The first-order valence-electron chi connectivity index (χ1n) is 9.31. The van der Waals surface area contributed by atoms with Crippen molar-refractivity contribution in [2.45, 2.75) is 6.42 Å². The zero-order valence-electron chi connectivity index (χ0n) is 15.3. The summed E-state index contributed by atoms with van der Waals surface area (Å²) < 4.78 is 16.9. The topological polar surface area (TPSA) is 109 Å². The molecule has 28 heavy (non-hydrogen) atoms. The Balaban J connectivity index is 1.59. The van der Waals surface area contributed by atoms with Crippen LogP contribution in [0.2, 0.25) is 0 Å². The summed E-state index contributed by atoms with van der Waals surface area (Å²) in [6, 6.07) is 5.79. The van der Waals surface area contributed by atoms with Crippen LogP contribution in [0.5, 0.6) is 11.5 Å². The van der Waals surface area contributed by atoms with Crippen LogP contribution in [0.1, 0.15) is 6.42 Å². The average molecular weight is 380 g/mol. The number of nitrogen functional groups attached to an aromatic ring is 1. The lowest BCUT2D eigenvalue weighted by Gasteiger charge is -2.28. The third kappa shape index (κ3) is 3.13. The molecule has 0 amide bonds. The van der Waals surface area contributed by atoms with E-state index < -0.39 is 0 Å². The third-order valence-electron chi connectivity index (χ3n) is 4.76. The fourth-order valence-electron chi connectivity index (χ4n) is 3.37. The zero-order chi connectivity index (χ0) is 18.9. The van der Waals surface area contributed by atoms with Gasteiger partial charge in [-0.2, -0.15) is 9.97 Å². The predicted molar refractivity (Wildman–Crippen MR) is 104 cm³/mol. The van der Waals surface area contributed by atoms with E-state index >= 15 is 0 Å². The van der Waals surface area contributed by atoms with E-state index in [1.165, 1.54) is 0 Å². The SMILES string of the molecule is Nc1nc(N2CCOCC2)c2nc(-c3ccc4c(c3)OCCCO4)cnc2n1. The van der Waals surface area contributed by atoms with E-state index in [0.29, 0.717) is 49.1 Å². The van der Waals surface area contributed by atoms with E-state index in [2.05, 4.69) is 19.9 Å². The molecule has 9 nitrogen and oxygen atoms in total. The Morgan fingerprint density at radius 2 is 1.75 bits per heavy atom. The fourth-order valence-corrected chi connectivity index (χ4v) is 3.37.